The summed E-state index contributed by atoms with van der Waals surface area (Å²) in [7, 11) is -5.97. The molecule has 0 aliphatic carbocycles. The standard InChI is InChI=1S/C46H70O8Si2/c1-9-17-19-21-35-47-45-37-42(30-24-40-27-33-44(34-28-40)56(52-14-6,53-15-7)54-16-8)46(48-36-22-20-18-10-2)38-41(45)29-23-39-25-31-43(32-26-39)55(49-11-3,50-12-4)51-13-5/h23-34,37-38H,9-22,35-36H2,1-8H3/b29-23+,30-24+. The Hall–Kier alpha value is -3.07. The normalized spacial score (nSPS) is 12.3. The number of rotatable bonds is 30. The lowest BCUT2D eigenvalue weighted by Crippen LogP contribution is -2.56. The quantitative estimate of drug-likeness (QED) is 0.0375. The monoisotopic (exact) mass is 806 g/mol. The molecule has 0 saturated carbocycles. The molecule has 3 aromatic carbocycles. The molecule has 0 aliphatic heterocycles. The molecule has 0 spiro atoms. The average molecular weight is 807 g/mol. The highest BCUT2D eigenvalue weighted by molar-refractivity contribution is 6.75. The van der Waals surface area contributed by atoms with E-state index in [1.54, 1.807) is 0 Å². The van der Waals surface area contributed by atoms with Crippen LogP contribution in [0, 0.1) is 0 Å². The molecule has 0 heterocycles. The third-order valence-corrected chi connectivity index (χ3v) is 15.2. The van der Waals surface area contributed by atoms with Crippen molar-refractivity contribution in [1.82, 2.24) is 0 Å². The maximum Gasteiger partial charge on any atom is 0.537 e. The maximum absolute atomic E-state index is 6.52. The Balaban J connectivity index is 2.01. The first-order valence-corrected chi connectivity index (χ1v) is 24.7. The van der Waals surface area contributed by atoms with Gasteiger partial charge in [0.15, 0.2) is 0 Å². The Morgan fingerprint density at radius 1 is 0.393 bits per heavy atom. The highest BCUT2D eigenvalue weighted by atomic mass is 28.4. The van der Waals surface area contributed by atoms with Crippen LogP contribution in [-0.4, -0.2) is 70.5 Å². The van der Waals surface area contributed by atoms with Gasteiger partial charge in [-0.15, -0.1) is 0 Å². The third kappa shape index (κ3) is 14.7. The van der Waals surface area contributed by atoms with Crippen LogP contribution in [-0.2, 0) is 26.6 Å². The molecule has 0 aromatic heterocycles. The zero-order chi connectivity index (χ0) is 40.5. The van der Waals surface area contributed by atoms with Gasteiger partial charge in [0.05, 0.1) is 13.2 Å². The highest BCUT2D eigenvalue weighted by Gasteiger charge is 2.44. The Labute approximate surface area is 341 Å². The first kappa shape index (κ1) is 47.3. The second-order valence-electron chi connectivity index (χ2n) is 13.4. The van der Waals surface area contributed by atoms with Crippen LogP contribution in [0.5, 0.6) is 11.5 Å². The lowest BCUT2D eigenvalue weighted by Gasteiger charge is -2.28. The molecule has 3 rings (SSSR count). The lowest BCUT2D eigenvalue weighted by molar-refractivity contribution is 0.0851. The smallest absolute Gasteiger partial charge is 0.493 e. The molecule has 0 radical (unpaired) electrons. The Bertz CT molecular complexity index is 1410. The third-order valence-electron chi connectivity index (χ3n) is 9.10. The minimum absolute atomic E-state index is 0.523. The van der Waals surface area contributed by atoms with Gasteiger partial charge in [-0.3, -0.25) is 0 Å². The topological polar surface area (TPSA) is 73.8 Å². The van der Waals surface area contributed by atoms with Gasteiger partial charge in [-0.05, 0) is 77.6 Å². The van der Waals surface area contributed by atoms with Crippen molar-refractivity contribution in [2.45, 2.75) is 107 Å². The summed E-state index contributed by atoms with van der Waals surface area (Å²) < 4.78 is 49.9. The number of hydrogen-bond donors (Lipinski definition) is 0. The van der Waals surface area contributed by atoms with Gasteiger partial charge >= 0.3 is 17.6 Å². The summed E-state index contributed by atoms with van der Waals surface area (Å²) in [6.07, 6.45) is 17.5. The summed E-state index contributed by atoms with van der Waals surface area (Å²) in [5.41, 5.74) is 4.05. The fraction of sp³-hybridized carbons (Fsp3) is 0.522. The molecule has 310 valence electrons. The Morgan fingerprint density at radius 2 is 0.714 bits per heavy atom. The van der Waals surface area contributed by atoms with Crippen LogP contribution < -0.4 is 19.8 Å². The Kier molecular flexibility index (Phi) is 22.6. The molecule has 8 nitrogen and oxygen atoms in total. The van der Waals surface area contributed by atoms with Gasteiger partial charge in [-0.2, -0.15) is 0 Å². The summed E-state index contributed by atoms with van der Waals surface area (Å²) in [5.74, 6) is 1.66. The molecule has 0 amide bonds. The highest BCUT2D eigenvalue weighted by Crippen LogP contribution is 2.33. The first-order valence-electron chi connectivity index (χ1n) is 21.2. The molecule has 0 saturated heterocycles. The zero-order valence-electron chi connectivity index (χ0n) is 35.7. The molecule has 0 atom stereocenters. The maximum atomic E-state index is 6.52. The van der Waals surface area contributed by atoms with Crippen molar-refractivity contribution < 1.29 is 36.0 Å². The summed E-state index contributed by atoms with van der Waals surface area (Å²) >= 11 is 0. The van der Waals surface area contributed by atoms with Crippen LogP contribution in [0.1, 0.15) is 129 Å². The van der Waals surface area contributed by atoms with E-state index in [2.05, 4.69) is 98.8 Å². The predicted octanol–water partition coefficient (Wildman–Crippen LogP) is 10.5. The van der Waals surface area contributed by atoms with E-state index in [0.717, 1.165) is 69.8 Å². The second kappa shape index (κ2) is 26.8. The summed E-state index contributed by atoms with van der Waals surface area (Å²) in [4.78, 5) is 0. The van der Waals surface area contributed by atoms with E-state index < -0.39 is 17.6 Å². The number of hydrogen-bond acceptors (Lipinski definition) is 8. The van der Waals surface area contributed by atoms with E-state index in [-0.39, 0.29) is 0 Å². The van der Waals surface area contributed by atoms with E-state index in [1.165, 1.54) is 25.7 Å². The van der Waals surface area contributed by atoms with Crippen LogP contribution in [0.15, 0.2) is 60.7 Å². The summed E-state index contributed by atoms with van der Waals surface area (Å²) in [6.45, 7) is 20.8. The van der Waals surface area contributed by atoms with Gasteiger partial charge in [0.1, 0.15) is 11.5 Å². The van der Waals surface area contributed by atoms with E-state index in [0.29, 0.717) is 52.9 Å². The largest absolute Gasteiger partial charge is 0.537 e. The van der Waals surface area contributed by atoms with Crippen molar-refractivity contribution in [3.63, 3.8) is 0 Å². The molecule has 0 unspecified atom stereocenters. The van der Waals surface area contributed by atoms with Gasteiger partial charge in [0, 0.05) is 61.1 Å². The van der Waals surface area contributed by atoms with Gasteiger partial charge in [-0.25, -0.2) is 0 Å². The fourth-order valence-corrected chi connectivity index (χ4v) is 11.3. The second-order valence-corrected chi connectivity index (χ2v) is 18.5. The minimum Gasteiger partial charge on any atom is -0.493 e. The van der Waals surface area contributed by atoms with Crippen molar-refractivity contribution in [1.29, 1.82) is 0 Å². The Morgan fingerprint density at radius 3 is 1.00 bits per heavy atom. The SMILES string of the molecule is CCCCCCOc1cc(/C=C/c2ccc([Si](OCC)(OCC)OCC)cc2)c(OCCCCCC)cc1/C=C/c1ccc([Si](OCC)(OCC)OCC)cc1. The van der Waals surface area contributed by atoms with Crippen LogP contribution in [0.2, 0.25) is 0 Å². The molecule has 10 heteroatoms. The van der Waals surface area contributed by atoms with Gasteiger partial charge in [-0.1, -0.05) is 125 Å². The molecule has 0 bridgehead atoms. The van der Waals surface area contributed by atoms with Crippen LogP contribution in [0.25, 0.3) is 24.3 Å². The van der Waals surface area contributed by atoms with Crippen molar-refractivity contribution >= 4 is 52.3 Å². The van der Waals surface area contributed by atoms with Crippen molar-refractivity contribution in [2.24, 2.45) is 0 Å². The van der Waals surface area contributed by atoms with E-state index >= 15 is 0 Å². The van der Waals surface area contributed by atoms with Crippen LogP contribution in [0.3, 0.4) is 0 Å². The molecule has 56 heavy (non-hydrogen) atoms. The summed E-state index contributed by atoms with van der Waals surface area (Å²) in [5, 5.41) is 1.92. The molecule has 0 aliphatic rings. The summed E-state index contributed by atoms with van der Waals surface area (Å²) in [6, 6.07) is 20.9. The molecule has 3 aromatic rings. The van der Waals surface area contributed by atoms with Crippen LogP contribution >= 0.6 is 0 Å². The lowest BCUT2D eigenvalue weighted by atomic mass is 10.0. The minimum atomic E-state index is -2.99. The average Bonchev–Trinajstić information content (AvgIpc) is 3.20. The van der Waals surface area contributed by atoms with Gasteiger partial charge < -0.3 is 36.0 Å². The zero-order valence-corrected chi connectivity index (χ0v) is 37.7. The van der Waals surface area contributed by atoms with Gasteiger partial charge in [0.2, 0.25) is 0 Å². The predicted molar refractivity (Wildman–Crippen MR) is 237 cm³/mol. The number of ether oxygens (including phenoxy) is 2. The number of unbranched alkanes of at least 4 members (excludes halogenated alkanes) is 6. The molecular weight excluding hydrogens is 737 g/mol. The van der Waals surface area contributed by atoms with Crippen molar-refractivity contribution in [3.05, 3.63) is 82.9 Å². The molecule has 0 fully saturated rings. The molecular formula is C46H70O8Si2. The van der Waals surface area contributed by atoms with E-state index in [9.17, 15) is 0 Å². The van der Waals surface area contributed by atoms with Gasteiger partial charge in [0.25, 0.3) is 0 Å². The van der Waals surface area contributed by atoms with Crippen molar-refractivity contribution in [3.8, 4) is 11.5 Å². The van der Waals surface area contributed by atoms with Crippen LogP contribution in [0.4, 0.5) is 0 Å². The van der Waals surface area contributed by atoms with Crippen molar-refractivity contribution in [2.75, 3.05) is 52.9 Å². The first-order chi connectivity index (χ1) is 27.4. The van der Waals surface area contributed by atoms with E-state index in [4.69, 9.17) is 36.0 Å². The van der Waals surface area contributed by atoms with E-state index in [1.807, 2.05) is 41.5 Å². The fourth-order valence-electron chi connectivity index (χ4n) is 6.38. The molecule has 0 N–H and O–H groups in total. The number of benzene rings is 3.